The van der Waals surface area contributed by atoms with E-state index in [-0.39, 0.29) is 5.41 Å². The van der Waals surface area contributed by atoms with Crippen molar-refractivity contribution in [3.8, 4) is 16.9 Å². The second-order valence-corrected chi connectivity index (χ2v) is 11.4. The van der Waals surface area contributed by atoms with Gasteiger partial charge in [0.05, 0.1) is 5.97 Å². The largest absolute Gasteiger partial charge is 0.545 e. The van der Waals surface area contributed by atoms with E-state index in [1.54, 1.807) is 6.08 Å². The van der Waals surface area contributed by atoms with Crippen molar-refractivity contribution < 1.29 is 14.6 Å². The highest BCUT2D eigenvalue weighted by Crippen LogP contribution is 2.62. The van der Waals surface area contributed by atoms with Crippen LogP contribution in [0, 0.1) is 24.7 Å². The number of hydrogen-bond donors (Lipinski definition) is 0. The highest BCUT2D eigenvalue weighted by molar-refractivity contribution is 5.84. The fourth-order valence-corrected chi connectivity index (χ4v) is 7.69. The zero-order valence-corrected chi connectivity index (χ0v) is 20.9. The fourth-order valence-electron chi connectivity index (χ4n) is 7.69. The van der Waals surface area contributed by atoms with Crippen molar-refractivity contribution in [3.05, 3.63) is 95.1 Å². The standard InChI is InChI=1S/C33H34O3/c1-22-13-23(8-12-32(34)35)7-10-29(22)28-9-11-31(36-21-24-5-3-2-4-6-24)30(17-28)33-18-25-14-26(19-33)16-27(15-25)20-33/h2-13,17,25-27H,14-16,18-21H2,1H3,(H,34,35)/p-1/b12-8+. The minimum atomic E-state index is -1.18. The molecule has 0 radical (unpaired) electrons. The van der Waals surface area contributed by atoms with Crippen LogP contribution in [0.1, 0.15) is 60.8 Å². The summed E-state index contributed by atoms with van der Waals surface area (Å²) in [6.07, 6.45) is 10.8. The molecule has 0 saturated heterocycles. The Hall–Kier alpha value is -3.33. The molecule has 0 atom stereocenters. The highest BCUT2D eigenvalue weighted by atomic mass is 16.5. The van der Waals surface area contributed by atoms with Crippen molar-refractivity contribution >= 4 is 12.0 Å². The maximum absolute atomic E-state index is 10.8. The van der Waals surface area contributed by atoms with Gasteiger partial charge in [0, 0.05) is 5.56 Å². The number of carbonyl (C=O) groups excluding carboxylic acids is 1. The smallest absolute Gasteiger partial charge is 0.123 e. The normalized spacial score (nSPS) is 26.4. The first-order valence-corrected chi connectivity index (χ1v) is 13.3. The third-order valence-corrected chi connectivity index (χ3v) is 8.80. The molecular formula is C33H33O3-. The average molecular weight is 478 g/mol. The minimum absolute atomic E-state index is 0.224. The maximum Gasteiger partial charge on any atom is 0.123 e. The van der Waals surface area contributed by atoms with Crippen molar-refractivity contribution in [2.75, 3.05) is 0 Å². The molecule has 7 rings (SSSR count). The first-order chi connectivity index (χ1) is 17.5. The number of carbonyl (C=O) groups is 1. The number of ether oxygens (including phenoxy) is 1. The number of aryl methyl sites for hydroxylation is 1. The molecule has 0 spiro atoms. The Morgan fingerprint density at radius 2 is 1.64 bits per heavy atom. The molecule has 4 fully saturated rings. The van der Waals surface area contributed by atoms with Gasteiger partial charge >= 0.3 is 0 Å². The van der Waals surface area contributed by atoms with E-state index in [0.29, 0.717) is 6.61 Å². The third kappa shape index (κ3) is 4.48. The van der Waals surface area contributed by atoms with Crippen LogP contribution in [-0.4, -0.2) is 5.97 Å². The Bertz CT molecular complexity index is 1270. The van der Waals surface area contributed by atoms with E-state index < -0.39 is 5.97 Å². The van der Waals surface area contributed by atoms with Crippen LogP contribution >= 0.6 is 0 Å². The van der Waals surface area contributed by atoms with Crippen molar-refractivity contribution in [1.82, 2.24) is 0 Å². The third-order valence-electron chi connectivity index (χ3n) is 8.80. The van der Waals surface area contributed by atoms with Gasteiger partial charge in [-0.2, -0.15) is 0 Å². The van der Waals surface area contributed by atoms with Crippen LogP contribution in [0.25, 0.3) is 17.2 Å². The van der Waals surface area contributed by atoms with Crippen LogP contribution in [-0.2, 0) is 16.8 Å². The van der Waals surface area contributed by atoms with Crippen LogP contribution in [0.2, 0.25) is 0 Å². The van der Waals surface area contributed by atoms with Crippen LogP contribution in [0.15, 0.2) is 72.8 Å². The molecule has 3 aromatic carbocycles. The summed E-state index contributed by atoms with van der Waals surface area (Å²) in [7, 11) is 0. The van der Waals surface area contributed by atoms with Crippen LogP contribution in [0.3, 0.4) is 0 Å². The number of carboxylic acid groups (broad SMARTS) is 1. The molecule has 3 nitrogen and oxygen atoms in total. The molecule has 36 heavy (non-hydrogen) atoms. The van der Waals surface area contributed by atoms with Crippen LogP contribution < -0.4 is 9.84 Å². The monoisotopic (exact) mass is 477 g/mol. The molecule has 0 N–H and O–H groups in total. The molecule has 3 aromatic rings. The van der Waals surface area contributed by atoms with Gasteiger partial charge in [0.1, 0.15) is 12.4 Å². The van der Waals surface area contributed by atoms with Gasteiger partial charge in [0.15, 0.2) is 0 Å². The fraction of sp³-hybridized carbons (Fsp3) is 0.364. The van der Waals surface area contributed by atoms with Gasteiger partial charge in [-0.15, -0.1) is 0 Å². The van der Waals surface area contributed by atoms with Gasteiger partial charge in [-0.05, 0) is 115 Å². The lowest BCUT2D eigenvalue weighted by Gasteiger charge is -2.57. The van der Waals surface area contributed by atoms with E-state index in [0.717, 1.165) is 40.7 Å². The van der Waals surface area contributed by atoms with Gasteiger partial charge in [0.25, 0.3) is 0 Å². The van der Waals surface area contributed by atoms with E-state index in [2.05, 4.69) is 55.5 Å². The maximum atomic E-state index is 10.8. The number of rotatable bonds is 7. The molecule has 0 heterocycles. The summed E-state index contributed by atoms with van der Waals surface area (Å²) in [6, 6.07) is 23.3. The summed E-state index contributed by atoms with van der Waals surface area (Å²) in [4.78, 5) is 10.8. The van der Waals surface area contributed by atoms with E-state index in [9.17, 15) is 9.90 Å². The summed E-state index contributed by atoms with van der Waals surface area (Å²) in [6.45, 7) is 2.67. The molecule has 4 aliphatic carbocycles. The zero-order chi connectivity index (χ0) is 24.7. The summed E-state index contributed by atoms with van der Waals surface area (Å²) in [5.74, 6) is 2.44. The van der Waals surface area contributed by atoms with Crippen molar-refractivity contribution in [2.45, 2.75) is 57.5 Å². The summed E-state index contributed by atoms with van der Waals surface area (Å²) < 4.78 is 6.54. The number of aliphatic carboxylic acids is 1. The quantitative estimate of drug-likeness (QED) is 0.366. The molecule has 0 aromatic heterocycles. The highest BCUT2D eigenvalue weighted by Gasteiger charge is 2.52. The molecule has 0 aliphatic heterocycles. The number of hydrogen-bond acceptors (Lipinski definition) is 3. The number of carboxylic acids is 1. The molecule has 184 valence electrons. The lowest BCUT2D eigenvalue weighted by molar-refractivity contribution is -0.297. The molecule has 4 saturated carbocycles. The first kappa shape index (κ1) is 23.1. The van der Waals surface area contributed by atoms with Gasteiger partial charge in [-0.1, -0.05) is 60.7 Å². The van der Waals surface area contributed by atoms with Crippen molar-refractivity contribution in [3.63, 3.8) is 0 Å². The van der Waals surface area contributed by atoms with Crippen LogP contribution in [0.5, 0.6) is 5.75 Å². The first-order valence-electron chi connectivity index (χ1n) is 13.3. The van der Waals surface area contributed by atoms with Gasteiger partial charge in [0.2, 0.25) is 0 Å². The van der Waals surface area contributed by atoms with Gasteiger partial charge < -0.3 is 14.6 Å². The molecule has 0 unspecified atom stereocenters. The van der Waals surface area contributed by atoms with E-state index in [1.165, 1.54) is 60.8 Å². The lowest BCUT2D eigenvalue weighted by Crippen LogP contribution is -2.48. The molecule has 4 aliphatic rings. The summed E-state index contributed by atoms with van der Waals surface area (Å²) in [5.41, 5.74) is 7.20. The number of benzene rings is 3. The SMILES string of the molecule is Cc1cc(/C=C/C(=O)[O-])ccc1-c1ccc(OCc2ccccc2)c(C23CC4CC(CC(C4)C2)C3)c1. The average Bonchev–Trinajstić information content (AvgIpc) is 2.86. The van der Waals surface area contributed by atoms with Crippen LogP contribution in [0.4, 0.5) is 0 Å². The zero-order valence-electron chi connectivity index (χ0n) is 20.9. The van der Waals surface area contributed by atoms with E-state index >= 15 is 0 Å². The topological polar surface area (TPSA) is 49.4 Å². The van der Waals surface area contributed by atoms with Gasteiger partial charge in [-0.25, -0.2) is 0 Å². The molecule has 3 heteroatoms. The predicted molar refractivity (Wildman–Crippen MR) is 141 cm³/mol. The molecule has 4 bridgehead atoms. The Morgan fingerprint density at radius 3 is 2.28 bits per heavy atom. The Morgan fingerprint density at radius 1 is 0.944 bits per heavy atom. The van der Waals surface area contributed by atoms with Crippen molar-refractivity contribution in [1.29, 1.82) is 0 Å². The minimum Gasteiger partial charge on any atom is -0.545 e. The van der Waals surface area contributed by atoms with Gasteiger partial charge in [-0.3, -0.25) is 0 Å². The molecule has 0 amide bonds. The summed E-state index contributed by atoms with van der Waals surface area (Å²) in [5, 5.41) is 10.8. The van der Waals surface area contributed by atoms with E-state index in [1.807, 2.05) is 18.2 Å². The Balaban J connectivity index is 1.38. The predicted octanol–water partition coefficient (Wildman–Crippen LogP) is 6.47. The Kier molecular flexibility index (Phi) is 5.95. The second kappa shape index (κ2) is 9.28. The van der Waals surface area contributed by atoms with Crippen molar-refractivity contribution in [2.24, 2.45) is 17.8 Å². The second-order valence-electron chi connectivity index (χ2n) is 11.4. The summed E-state index contributed by atoms with van der Waals surface area (Å²) >= 11 is 0. The Labute approximate surface area is 213 Å². The van der Waals surface area contributed by atoms with E-state index in [4.69, 9.17) is 4.74 Å². The molecular weight excluding hydrogens is 444 g/mol. The lowest BCUT2D eigenvalue weighted by atomic mass is 9.48.